The first-order valence-corrected chi connectivity index (χ1v) is 9.18. The second-order valence-corrected chi connectivity index (χ2v) is 6.91. The molecule has 0 atom stereocenters. The molecule has 1 aromatic carbocycles. The molecule has 0 fully saturated rings. The Kier molecular flexibility index (Phi) is 3.65. The Balaban J connectivity index is 1.54. The highest BCUT2D eigenvalue weighted by Crippen LogP contribution is 2.37. The van der Waals surface area contributed by atoms with Crippen molar-refractivity contribution in [2.24, 2.45) is 0 Å². The van der Waals surface area contributed by atoms with Gasteiger partial charge in [-0.25, -0.2) is 9.97 Å². The minimum atomic E-state index is -0.118. The summed E-state index contributed by atoms with van der Waals surface area (Å²) in [5.74, 6) is -0.118. The monoisotopic (exact) mass is 371 g/mol. The van der Waals surface area contributed by atoms with Gasteiger partial charge in [0.15, 0.2) is 0 Å². The Morgan fingerprint density at radius 2 is 1.93 bits per heavy atom. The Labute approximate surface area is 158 Å². The number of imidazole rings is 1. The number of amides is 1. The van der Waals surface area contributed by atoms with Gasteiger partial charge in [0.2, 0.25) is 0 Å². The van der Waals surface area contributed by atoms with Crippen molar-refractivity contribution in [3.63, 3.8) is 0 Å². The molecule has 1 aliphatic rings. The number of fused-ring (bicyclic) bond motifs is 1. The Morgan fingerprint density at radius 3 is 2.74 bits per heavy atom. The Hall–Kier alpha value is -3.58. The van der Waals surface area contributed by atoms with Gasteiger partial charge < -0.3 is 10.3 Å². The lowest BCUT2D eigenvalue weighted by Crippen LogP contribution is -2.03. The number of anilines is 1. The van der Waals surface area contributed by atoms with Gasteiger partial charge in [-0.3, -0.25) is 9.78 Å². The van der Waals surface area contributed by atoms with Crippen LogP contribution in [0.2, 0.25) is 0 Å². The maximum atomic E-state index is 12.4. The van der Waals surface area contributed by atoms with Crippen LogP contribution in [0.15, 0.2) is 60.6 Å². The van der Waals surface area contributed by atoms with E-state index in [1.807, 2.05) is 35.7 Å². The molecule has 130 valence electrons. The summed E-state index contributed by atoms with van der Waals surface area (Å²) in [4.78, 5) is 28.1. The van der Waals surface area contributed by atoms with E-state index in [9.17, 15) is 4.79 Å². The highest BCUT2D eigenvalue weighted by Gasteiger charge is 2.25. The molecule has 4 aromatic rings. The summed E-state index contributed by atoms with van der Waals surface area (Å²) in [5.41, 5.74) is 5.96. The minimum Gasteiger partial charge on any atom is -0.345 e. The van der Waals surface area contributed by atoms with Gasteiger partial charge in [-0.15, -0.1) is 11.3 Å². The smallest absolute Gasteiger partial charge is 0.256 e. The number of hydrogen-bond acceptors (Lipinski definition) is 5. The molecule has 6 nitrogen and oxygen atoms in total. The fourth-order valence-corrected chi connectivity index (χ4v) is 3.86. The van der Waals surface area contributed by atoms with Gasteiger partial charge >= 0.3 is 0 Å². The predicted octanol–water partition coefficient (Wildman–Crippen LogP) is 4.09. The van der Waals surface area contributed by atoms with Crippen LogP contribution in [0.25, 0.3) is 33.5 Å². The summed E-state index contributed by atoms with van der Waals surface area (Å²) in [6.45, 7) is 0. The maximum Gasteiger partial charge on any atom is 0.256 e. The second-order valence-electron chi connectivity index (χ2n) is 6.05. The van der Waals surface area contributed by atoms with Crippen LogP contribution in [-0.4, -0.2) is 25.8 Å². The number of hydrogen-bond donors (Lipinski definition) is 2. The molecule has 0 aliphatic carbocycles. The first-order chi connectivity index (χ1) is 13.3. The molecule has 0 saturated heterocycles. The summed E-state index contributed by atoms with van der Waals surface area (Å²) in [7, 11) is 0. The fourth-order valence-electron chi connectivity index (χ4n) is 3.03. The zero-order valence-electron chi connectivity index (χ0n) is 14.0. The number of nitrogens with zero attached hydrogens (tertiary/aromatic N) is 3. The van der Waals surface area contributed by atoms with Crippen LogP contribution in [0.4, 0.5) is 5.69 Å². The Morgan fingerprint density at radius 1 is 1.04 bits per heavy atom. The van der Waals surface area contributed by atoms with Gasteiger partial charge in [-0.05, 0) is 30.3 Å². The number of H-pyrrole nitrogens is 1. The standard InChI is InChI=1S/C20H13N5OS/c26-19-16(8-14-9-22-11-23-14)15-7-13(1-2-17(15)24-19)18-10-27-20(25-18)12-3-5-21-6-4-12/h1-11H,(H,22,23)(H,24,26)/b16-8-. The van der Waals surface area contributed by atoms with Crippen LogP contribution in [-0.2, 0) is 4.79 Å². The molecule has 0 spiro atoms. The van der Waals surface area contributed by atoms with Gasteiger partial charge in [0.05, 0.1) is 29.5 Å². The lowest BCUT2D eigenvalue weighted by Gasteiger charge is -2.02. The average molecular weight is 371 g/mol. The van der Waals surface area contributed by atoms with Crippen LogP contribution in [0.3, 0.4) is 0 Å². The van der Waals surface area contributed by atoms with Crippen LogP contribution < -0.4 is 5.32 Å². The molecule has 3 aromatic heterocycles. The molecule has 7 heteroatoms. The molecule has 4 heterocycles. The first kappa shape index (κ1) is 15.7. The largest absolute Gasteiger partial charge is 0.345 e. The zero-order valence-corrected chi connectivity index (χ0v) is 14.8. The number of carbonyl (C=O) groups is 1. The lowest BCUT2D eigenvalue weighted by molar-refractivity contribution is -0.110. The van der Waals surface area contributed by atoms with E-state index in [4.69, 9.17) is 4.98 Å². The van der Waals surface area contributed by atoms with E-state index in [-0.39, 0.29) is 5.91 Å². The van der Waals surface area contributed by atoms with Crippen LogP contribution in [0, 0.1) is 0 Å². The topological polar surface area (TPSA) is 83.6 Å². The molecule has 0 bridgehead atoms. The summed E-state index contributed by atoms with van der Waals surface area (Å²) in [6.07, 6.45) is 8.60. The third kappa shape index (κ3) is 2.84. The SMILES string of the molecule is O=C1Nc2ccc(-c3csc(-c4ccncc4)n3)cc2/C1=C/c1cnc[nH]1. The molecule has 1 amide bonds. The number of thiazole rings is 1. The van der Waals surface area contributed by atoms with E-state index < -0.39 is 0 Å². The normalized spacial score (nSPS) is 14.4. The van der Waals surface area contributed by atoms with E-state index in [0.717, 1.165) is 38.8 Å². The predicted molar refractivity (Wildman–Crippen MR) is 106 cm³/mol. The average Bonchev–Trinajstić information content (AvgIpc) is 3.44. The number of aromatic amines is 1. The lowest BCUT2D eigenvalue weighted by atomic mass is 10.0. The van der Waals surface area contributed by atoms with Gasteiger partial charge in [0, 0.05) is 40.2 Å². The number of rotatable bonds is 3. The van der Waals surface area contributed by atoms with Crippen molar-refractivity contribution in [3.05, 3.63) is 71.9 Å². The van der Waals surface area contributed by atoms with Crippen molar-refractivity contribution in [1.29, 1.82) is 0 Å². The first-order valence-electron chi connectivity index (χ1n) is 8.30. The van der Waals surface area contributed by atoms with E-state index in [2.05, 4.69) is 20.3 Å². The number of benzene rings is 1. The summed E-state index contributed by atoms with van der Waals surface area (Å²) in [6, 6.07) is 9.78. The summed E-state index contributed by atoms with van der Waals surface area (Å²) < 4.78 is 0. The van der Waals surface area contributed by atoms with Crippen molar-refractivity contribution >= 4 is 34.6 Å². The molecule has 1 aliphatic heterocycles. The molecule has 27 heavy (non-hydrogen) atoms. The number of carbonyl (C=O) groups excluding carboxylic acids is 1. The Bertz CT molecular complexity index is 1160. The molecule has 5 rings (SSSR count). The molecule has 0 unspecified atom stereocenters. The maximum absolute atomic E-state index is 12.4. The highest BCUT2D eigenvalue weighted by atomic mass is 32.1. The molecule has 0 radical (unpaired) electrons. The van der Waals surface area contributed by atoms with Crippen molar-refractivity contribution in [2.75, 3.05) is 5.32 Å². The quantitative estimate of drug-likeness (QED) is 0.531. The molecular weight excluding hydrogens is 358 g/mol. The summed E-state index contributed by atoms with van der Waals surface area (Å²) in [5, 5.41) is 5.87. The van der Waals surface area contributed by atoms with Crippen molar-refractivity contribution in [1.82, 2.24) is 19.9 Å². The number of nitrogens with one attached hydrogen (secondary N) is 2. The zero-order chi connectivity index (χ0) is 18.2. The highest BCUT2D eigenvalue weighted by molar-refractivity contribution is 7.13. The van der Waals surface area contributed by atoms with Crippen LogP contribution in [0.1, 0.15) is 11.3 Å². The minimum absolute atomic E-state index is 0.118. The van der Waals surface area contributed by atoms with Gasteiger partial charge in [0.1, 0.15) is 5.01 Å². The van der Waals surface area contributed by atoms with Gasteiger partial charge in [0.25, 0.3) is 5.91 Å². The third-order valence-corrected chi connectivity index (χ3v) is 5.24. The van der Waals surface area contributed by atoms with Crippen LogP contribution in [0.5, 0.6) is 0 Å². The number of aromatic nitrogens is 4. The van der Waals surface area contributed by atoms with Crippen molar-refractivity contribution < 1.29 is 4.79 Å². The second kappa shape index (κ2) is 6.30. The molecule has 2 N–H and O–H groups in total. The van der Waals surface area contributed by atoms with E-state index >= 15 is 0 Å². The van der Waals surface area contributed by atoms with Crippen molar-refractivity contribution in [2.45, 2.75) is 0 Å². The number of pyridine rings is 1. The fraction of sp³-hybridized carbons (Fsp3) is 0. The molecular formula is C20H13N5OS. The van der Waals surface area contributed by atoms with Crippen molar-refractivity contribution in [3.8, 4) is 21.8 Å². The van der Waals surface area contributed by atoms with E-state index in [1.54, 1.807) is 42.3 Å². The van der Waals surface area contributed by atoms with E-state index in [0.29, 0.717) is 5.57 Å². The van der Waals surface area contributed by atoms with Crippen LogP contribution >= 0.6 is 11.3 Å². The van der Waals surface area contributed by atoms with Gasteiger partial charge in [-0.2, -0.15) is 0 Å². The third-order valence-electron chi connectivity index (χ3n) is 4.35. The van der Waals surface area contributed by atoms with E-state index in [1.165, 1.54) is 0 Å². The molecule has 0 saturated carbocycles. The summed E-state index contributed by atoms with van der Waals surface area (Å²) >= 11 is 1.59. The van der Waals surface area contributed by atoms with Gasteiger partial charge in [-0.1, -0.05) is 6.07 Å².